The van der Waals surface area contributed by atoms with Crippen molar-refractivity contribution < 1.29 is 14.7 Å². The number of benzene rings is 1. The zero-order valence-electron chi connectivity index (χ0n) is 16.1. The predicted molar refractivity (Wildman–Crippen MR) is 109 cm³/mol. The number of hydrogen-bond acceptors (Lipinski definition) is 5. The fourth-order valence-corrected chi connectivity index (χ4v) is 5.80. The lowest BCUT2D eigenvalue weighted by molar-refractivity contribution is 0.0474. The van der Waals surface area contributed by atoms with Crippen LogP contribution in [0.4, 0.5) is 0 Å². The third kappa shape index (κ3) is 3.76. The number of rotatable bonds is 5. The smallest absolute Gasteiger partial charge is 0.271 e. The molecule has 5 nitrogen and oxygen atoms in total. The SMILES string of the molecule is CC(=O)c1ccccc1-c1nc(C(=O)NC2C(CO)CC3CCCC2C3)cs1. The molecule has 1 heterocycles. The lowest BCUT2D eigenvalue weighted by Crippen LogP contribution is -2.51. The number of nitrogens with one attached hydrogen (secondary N) is 1. The van der Waals surface area contributed by atoms with Crippen molar-refractivity contribution in [2.24, 2.45) is 17.8 Å². The monoisotopic (exact) mass is 398 g/mol. The molecule has 2 saturated carbocycles. The van der Waals surface area contributed by atoms with Crippen LogP contribution in [0.1, 0.15) is 59.9 Å². The number of carbonyl (C=O) groups is 2. The number of Topliss-reactive ketones (excluding diaryl/α,β-unsaturated/α-hetero) is 1. The normalized spacial score (nSPS) is 26.6. The molecule has 2 bridgehead atoms. The molecular weight excluding hydrogens is 372 g/mol. The second-order valence-corrected chi connectivity index (χ2v) is 8.97. The average molecular weight is 399 g/mol. The zero-order chi connectivity index (χ0) is 19.7. The first kappa shape index (κ1) is 19.3. The maximum absolute atomic E-state index is 12.9. The van der Waals surface area contributed by atoms with Gasteiger partial charge in [-0.25, -0.2) is 4.98 Å². The Morgan fingerprint density at radius 3 is 2.86 bits per heavy atom. The molecule has 2 aliphatic rings. The van der Waals surface area contributed by atoms with Crippen LogP contribution >= 0.6 is 11.3 Å². The van der Waals surface area contributed by atoms with Crippen LogP contribution in [0.15, 0.2) is 29.6 Å². The number of aromatic nitrogens is 1. The molecule has 2 aliphatic carbocycles. The highest BCUT2D eigenvalue weighted by atomic mass is 32.1. The number of ketones is 1. The molecule has 4 rings (SSSR count). The van der Waals surface area contributed by atoms with E-state index >= 15 is 0 Å². The fraction of sp³-hybridized carbons (Fsp3) is 0.500. The van der Waals surface area contributed by atoms with Gasteiger partial charge in [0.2, 0.25) is 0 Å². The van der Waals surface area contributed by atoms with Gasteiger partial charge in [-0.15, -0.1) is 11.3 Å². The van der Waals surface area contributed by atoms with Crippen molar-refractivity contribution in [3.8, 4) is 10.6 Å². The number of carbonyl (C=O) groups excluding carboxylic acids is 2. The van der Waals surface area contributed by atoms with Crippen molar-refractivity contribution in [2.75, 3.05) is 6.61 Å². The summed E-state index contributed by atoms with van der Waals surface area (Å²) in [5.41, 5.74) is 1.76. The van der Waals surface area contributed by atoms with Gasteiger partial charge in [-0.1, -0.05) is 37.1 Å². The predicted octanol–water partition coefficient (Wildman–Crippen LogP) is 3.93. The lowest BCUT2D eigenvalue weighted by Gasteiger charge is -2.45. The van der Waals surface area contributed by atoms with Crippen LogP contribution in [0.25, 0.3) is 10.6 Å². The van der Waals surface area contributed by atoms with Gasteiger partial charge in [-0.2, -0.15) is 0 Å². The van der Waals surface area contributed by atoms with Gasteiger partial charge in [0, 0.05) is 35.1 Å². The van der Waals surface area contributed by atoms with Crippen LogP contribution < -0.4 is 5.32 Å². The first-order valence-electron chi connectivity index (χ1n) is 10.0. The minimum absolute atomic E-state index is 0.0170. The van der Waals surface area contributed by atoms with Crippen LogP contribution in [-0.2, 0) is 0 Å². The van der Waals surface area contributed by atoms with Crippen LogP contribution in [0.3, 0.4) is 0 Å². The standard InChI is InChI=1S/C22H26N2O3S/c1-13(26)17-7-2-3-8-18(17)22-23-19(12-28-22)21(27)24-20-15-6-4-5-14(9-15)10-16(20)11-25/h2-3,7-8,12,14-16,20,25H,4-6,9-11H2,1H3,(H,24,27). The summed E-state index contributed by atoms with van der Waals surface area (Å²) < 4.78 is 0. The molecule has 148 valence electrons. The molecule has 2 N–H and O–H groups in total. The van der Waals surface area contributed by atoms with E-state index in [0.29, 0.717) is 28.1 Å². The van der Waals surface area contributed by atoms with E-state index in [4.69, 9.17) is 0 Å². The van der Waals surface area contributed by atoms with E-state index in [1.807, 2.05) is 18.2 Å². The lowest BCUT2D eigenvalue weighted by atomic mass is 9.65. The summed E-state index contributed by atoms with van der Waals surface area (Å²) in [7, 11) is 0. The molecule has 28 heavy (non-hydrogen) atoms. The van der Waals surface area contributed by atoms with Crippen LogP contribution in [0.5, 0.6) is 0 Å². The second-order valence-electron chi connectivity index (χ2n) is 8.11. The van der Waals surface area contributed by atoms with E-state index < -0.39 is 0 Å². The highest BCUT2D eigenvalue weighted by molar-refractivity contribution is 7.13. The molecule has 0 aliphatic heterocycles. The van der Waals surface area contributed by atoms with E-state index in [-0.39, 0.29) is 30.3 Å². The molecule has 1 amide bonds. The van der Waals surface area contributed by atoms with E-state index in [1.165, 1.54) is 31.1 Å². The average Bonchev–Trinajstić information content (AvgIpc) is 3.20. The summed E-state index contributed by atoms with van der Waals surface area (Å²) in [5.74, 6) is 1.07. The van der Waals surface area contributed by atoms with E-state index in [1.54, 1.807) is 11.4 Å². The molecule has 0 spiro atoms. The van der Waals surface area contributed by atoms with Gasteiger partial charge in [0.1, 0.15) is 10.7 Å². The van der Waals surface area contributed by atoms with E-state index in [0.717, 1.165) is 24.8 Å². The zero-order valence-corrected chi connectivity index (χ0v) is 16.9. The summed E-state index contributed by atoms with van der Waals surface area (Å²) in [4.78, 5) is 29.3. The van der Waals surface area contributed by atoms with Gasteiger partial charge in [0.05, 0.1) is 0 Å². The third-order valence-electron chi connectivity index (χ3n) is 6.28. The van der Waals surface area contributed by atoms with E-state index in [2.05, 4.69) is 10.3 Å². The Kier molecular flexibility index (Phi) is 5.60. The largest absolute Gasteiger partial charge is 0.396 e. The maximum atomic E-state index is 12.9. The van der Waals surface area contributed by atoms with Gasteiger partial charge in [-0.3, -0.25) is 9.59 Å². The van der Waals surface area contributed by atoms with Crippen molar-refractivity contribution >= 4 is 23.0 Å². The highest BCUT2D eigenvalue weighted by Gasteiger charge is 2.40. The molecule has 6 heteroatoms. The Bertz CT molecular complexity index is 876. The van der Waals surface area contributed by atoms with Crippen LogP contribution in [-0.4, -0.2) is 34.4 Å². The van der Waals surface area contributed by atoms with Gasteiger partial charge >= 0.3 is 0 Å². The molecule has 0 saturated heterocycles. The second kappa shape index (κ2) is 8.13. The summed E-state index contributed by atoms with van der Waals surface area (Å²) in [6.07, 6.45) is 5.72. The summed E-state index contributed by atoms with van der Waals surface area (Å²) >= 11 is 1.38. The van der Waals surface area contributed by atoms with Gasteiger partial charge < -0.3 is 10.4 Å². The van der Waals surface area contributed by atoms with Crippen molar-refractivity contribution in [1.82, 2.24) is 10.3 Å². The topological polar surface area (TPSA) is 79.3 Å². The number of nitrogens with zero attached hydrogens (tertiary/aromatic N) is 1. The molecule has 2 aromatic rings. The molecule has 1 aromatic heterocycles. The Hall–Kier alpha value is -2.05. The van der Waals surface area contributed by atoms with Gasteiger partial charge in [-0.05, 0) is 38.0 Å². The molecular formula is C22H26N2O3S. The highest BCUT2D eigenvalue weighted by Crippen LogP contribution is 2.42. The van der Waals surface area contributed by atoms with Crippen LogP contribution in [0, 0.1) is 17.8 Å². The summed E-state index contributed by atoms with van der Waals surface area (Å²) in [6.45, 7) is 1.65. The summed E-state index contributed by atoms with van der Waals surface area (Å²) in [5, 5.41) is 15.4. The quantitative estimate of drug-likeness (QED) is 0.748. The Labute approximate surface area is 169 Å². The van der Waals surface area contributed by atoms with Gasteiger partial charge in [0.25, 0.3) is 5.91 Å². The maximum Gasteiger partial charge on any atom is 0.271 e. The first-order valence-corrected chi connectivity index (χ1v) is 10.9. The van der Waals surface area contributed by atoms with Gasteiger partial charge in [0.15, 0.2) is 5.78 Å². The number of aliphatic hydroxyl groups is 1. The van der Waals surface area contributed by atoms with Crippen molar-refractivity contribution in [3.05, 3.63) is 40.9 Å². The number of amides is 1. The molecule has 1 aromatic carbocycles. The molecule has 0 radical (unpaired) electrons. The fourth-order valence-electron chi connectivity index (χ4n) is 4.96. The number of hydrogen-bond donors (Lipinski definition) is 2. The van der Waals surface area contributed by atoms with E-state index in [9.17, 15) is 14.7 Å². The minimum Gasteiger partial charge on any atom is -0.396 e. The van der Waals surface area contributed by atoms with Crippen LogP contribution in [0.2, 0.25) is 0 Å². The van der Waals surface area contributed by atoms with Crippen molar-refractivity contribution in [3.63, 3.8) is 0 Å². The Morgan fingerprint density at radius 1 is 1.25 bits per heavy atom. The van der Waals surface area contributed by atoms with Crippen molar-refractivity contribution in [2.45, 2.75) is 45.1 Å². The molecule has 4 unspecified atom stereocenters. The molecule has 4 atom stereocenters. The van der Waals surface area contributed by atoms with Crippen molar-refractivity contribution in [1.29, 1.82) is 0 Å². The number of fused-ring (bicyclic) bond motifs is 2. The Morgan fingerprint density at radius 2 is 2.07 bits per heavy atom. The molecule has 2 fully saturated rings. The number of aliphatic hydroxyl groups excluding tert-OH is 1. The third-order valence-corrected chi connectivity index (χ3v) is 7.16. The minimum atomic E-state index is -0.185. The first-order chi connectivity index (χ1) is 13.6. The number of thiazole rings is 1. The summed E-state index contributed by atoms with van der Waals surface area (Å²) in [6, 6.07) is 7.37. The Balaban J connectivity index is 1.53.